The Morgan fingerprint density at radius 1 is 0.661 bits per heavy atom. The molecule has 0 aliphatic carbocycles. The van der Waals surface area contributed by atoms with Gasteiger partial charge >= 0.3 is 11.9 Å². The molecule has 1 saturated heterocycles. The number of aryl methyl sites for hydroxylation is 2. The second-order valence-electron chi connectivity index (χ2n) is 16.8. The highest BCUT2D eigenvalue weighted by Crippen LogP contribution is 2.22. The molecule has 2 aromatic rings. The number of aliphatic hydroxyl groups is 2. The van der Waals surface area contributed by atoms with Gasteiger partial charge < -0.3 is 29.7 Å². The van der Waals surface area contributed by atoms with E-state index in [2.05, 4.69) is 60.8 Å². The zero-order chi connectivity index (χ0) is 42.2. The van der Waals surface area contributed by atoms with Crippen molar-refractivity contribution in [3.8, 4) is 0 Å². The zero-order valence-corrected chi connectivity index (χ0v) is 36.5. The maximum atomic E-state index is 13.5. The van der Waals surface area contributed by atoms with E-state index in [-0.39, 0.29) is 31.3 Å². The molecule has 0 saturated carbocycles. The van der Waals surface area contributed by atoms with Crippen LogP contribution in [-0.2, 0) is 41.4 Å². The van der Waals surface area contributed by atoms with Gasteiger partial charge in [0.05, 0.1) is 25.7 Å². The van der Waals surface area contributed by atoms with Gasteiger partial charge in [0.1, 0.15) is 18.3 Å². The third kappa shape index (κ3) is 23.3. The summed E-state index contributed by atoms with van der Waals surface area (Å²) in [4.78, 5) is 39.5. The fourth-order valence-corrected chi connectivity index (χ4v) is 8.02. The number of amides is 1. The number of carbonyl (C=O) groups is 3. The molecule has 1 aliphatic rings. The molecular weight excluding hydrogens is 743 g/mol. The maximum absolute atomic E-state index is 13.5. The molecule has 0 radical (unpaired) electrons. The van der Waals surface area contributed by atoms with Gasteiger partial charge in [-0.2, -0.15) is 0 Å². The van der Waals surface area contributed by atoms with Crippen LogP contribution in [0.25, 0.3) is 0 Å². The van der Waals surface area contributed by atoms with Crippen LogP contribution in [0.4, 0.5) is 0 Å². The molecule has 0 bridgehead atoms. The molecule has 2 aromatic carbocycles. The summed E-state index contributed by atoms with van der Waals surface area (Å²) in [6.07, 6.45) is 22.3. The summed E-state index contributed by atoms with van der Waals surface area (Å²) in [5.74, 6) is -1.07. The van der Waals surface area contributed by atoms with Gasteiger partial charge in [-0.3, -0.25) is 14.4 Å². The molecule has 1 heterocycles. The Bertz CT molecular complexity index is 1360. The normalized spacial score (nSPS) is 18.3. The highest BCUT2D eigenvalue weighted by Gasteiger charge is 2.42. The third-order valence-corrected chi connectivity index (χ3v) is 11.6. The van der Waals surface area contributed by atoms with Gasteiger partial charge in [0.25, 0.3) is 0 Å². The summed E-state index contributed by atoms with van der Waals surface area (Å²) < 4.78 is 17.4. The molecule has 1 aliphatic heterocycles. The van der Waals surface area contributed by atoms with Crippen molar-refractivity contribution in [2.75, 3.05) is 13.2 Å². The van der Waals surface area contributed by atoms with Crippen LogP contribution in [0.2, 0.25) is 0 Å². The lowest BCUT2D eigenvalue weighted by Crippen LogP contribution is -2.61. The average Bonchev–Trinajstić information content (AvgIpc) is 3.24. The Labute approximate surface area is 356 Å². The SMILES string of the molecule is CCCCCCCCCCCC(CC(=O)N[C@H]1CO[C@H](CO)[C@@H](O)[C@@H]1OC(=O)CCCCCCCCc1ccccc1)OC(=O)CCCCCCCCc1ccccc1. The van der Waals surface area contributed by atoms with E-state index in [9.17, 15) is 24.6 Å². The van der Waals surface area contributed by atoms with Crippen molar-refractivity contribution < 1.29 is 38.8 Å². The molecule has 3 N–H and O–H groups in total. The van der Waals surface area contributed by atoms with Gasteiger partial charge in [0, 0.05) is 12.8 Å². The monoisotopic (exact) mass is 822 g/mol. The highest BCUT2D eigenvalue weighted by atomic mass is 16.6. The van der Waals surface area contributed by atoms with Crippen LogP contribution in [0.1, 0.15) is 179 Å². The predicted octanol–water partition coefficient (Wildman–Crippen LogP) is 10.3. The molecule has 1 fully saturated rings. The second kappa shape index (κ2) is 32.5. The first-order valence-electron chi connectivity index (χ1n) is 23.6. The second-order valence-corrected chi connectivity index (χ2v) is 16.8. The fraction of sp³-hybridized carbons (Fsp3) is 0.700. The standard InChI is InChI=1S/C50H79NO8/c1-2-3-4-5-6-7-8-15-26-35-43(58-47(54)36-27-16-11-9-13-20-29-41-31-22-18-23-32-41)38-46(53)51-44-40-57-45(39-52)49(56)50(44)59-48(55)37-28-17-12-10-14-21-30-42-33-24-19-25-34-42/h18-19,22-25,31-34,43-45,49-50,52,56H,2-17,20-21,26-30,35-40H2,1H3,(H,51,53)/t43?,44-,45+,49+,50+/m0/s1. The number of ether oxygens (including phenoxy) is 3. The van der Waals surface area contributed by atoms with Crippen molar-refractivity contribution in [1.82, 2.24) is 5.32 Å². The first-order chi connectivity index (χ1) is 28.9. The van der Waals surface area contributed by atoms with E-state index in [4.69, 9.17) is 14.2 Å². The minimum absolute atomic E-state index is 0.0216. The number of aliphatic hydroxyl groups excluding tert-OH is 2. The Morgan fingerprint density at radius 3 is 1.66 bits per heavy atom. The zero-order valence-electron chi connectivity index (χ0n) is 36.5. The third-order valence-electron chi connectivity index (χ3n) is 11.6. The summed E-state index contributed by atoms with van der Waals surface area (Å²) in [5.41, 5.74) is 2.74. The first kappa shape index (κ1) is 50.1. The van der Waals surface area contributed by atoms with Crippen molar-refractivity contribution in [3.63, 3.8) is 0 Å². The van der Waals surface area contributed by atoms with E-state index in [1.165, 1.54) is 62.5 Å². The van der Waals surface area contributed by atoms with E-state index in [0.717, 1.165) is 89.9 Å². The van der Waals surface area contributed by atoms with Gasteiger partial charge in [-0.1, -0.05) is 170 Å². The Kier molecular flexibility index (Phi) is 27.6. The lowest BCUT2D eigenvalue weighted by atomic mass is 9.97. The van der Waals surface area contributed by atoms with Gasteiger partial charge in [-0.15, -0.1) is 0 Å². The number of benzene rings is 2. The van der Waals surface area contributed by atoms with Crippen LogP contribution in [0.15, 0.2) is 60.7 Å². The molecule has 9 nitrogen and oxygen atoms in total. The molecule has 0 spiro atoms. The van der Waals surface area contributed by atoms with Crippen molar-refractivity contribution in [2.24, 2.45) is 0 Å². The fourth-order valence-electron chi connectivity index (χ4n) is 8.02. The van der Waals surface area contributed by atoms with Crippen LogP contribution in [0.3, 0.4) is 0 Å². The molecule has 3 rings (SSSR count). The summed E-state index contributed by atoms with van der Waals surface area (Å²) in [6, 6.07) is 20.3. The highest BCUT2D eigenvalue weighted by molar-refractivity contribution is 5.78. The number of carbonyl (C=O) groups excluding carboxylic acids is 3. The predicted molar refractivity (Wildman–Crippen MR) is 236 cm³/mol. The van der Waals surface area contributed by atoms with Crippen LogP contribution >= 0.6 is 0 Å². The first-order valence-corrected chi connectivity index (χ1v) is 23.6. The topological polar surface area (TPSA) is 131 Å². The number of hydrogen-bond acceptors (Lipinski definition) is 8. The van der Waals surface area contributed by atoms with E-state index in [1.807, 2.05) is 12.1 Å². The van der Waals surface area contributed by atoms with E-state index in [0.29, 0.717) is 19.3 Å². The summed E-state index contributed by atoms with van der Waals surface area (Å²) >= 11 is 0. The van der Waals surface area contributed by atoms with E-state index < -0.39 is 43.0 Å². The molecule has 332 valence electrons. The number of hydrogen-bond donors (Lipinski definition) is 3. The van der Waals surface area contributed by atoms with Crippen molar-refractivity contribution >= 4 is 17.8 Å². The minimum atomic E-state index is -1.30. The van der Waals surface area contributed by atoms with Gasteiger partial charge in [-0.05, 0) is 62.5 Å². The molecule has 9 heteroatoms. The van der Waals surface area contributed by atoms with Crippen molar-refractivity contribution in [2.45, 2.75) is 211 Å². The molecule has 0 aromatic heterocycles. The Balaban J connectivity index is 1.42. The molecule has 1 unspecified atom stereocenters. The largest absolute Gasteiger partial charge is 0.462 e. The lowest BCUT2D eigenvalue weighted by molar-refractivity contribution is -0.191. The van der Waals surface area contributed by atoms with Crippen LogP contribution in [-0.4, -0.2) is 71.7 Å². The molecule has 5 atom stereocenters. The van der Waals surface area contributed by atoms with Crippen molar-refractivity contribution in [3.05, 3.63) is 71.8 Å². The lowest BCUT2D eigenvalue weighted by Gasteiger charge is -2.39. The van der Waals surface area contributed by atoms with Crippen LogP contribution < -0.4 is 5.32 Å². The van der Waals surface area contributed by atoms with E-state index >= 15 is 0 Å². The minimum Gasteiger partial charge on any atom is -0.462 e. The number of unbranched alkanes of at least 4 members (excludes halogenated alkanes) is 18. The summed E-state index contributed by atoms with van der Waals surface area (Å²) in [5, 5.41) is 23.7. The van der Waals surface area contributed by atoms with Gasteiger partial charge in [-0.25, -0.2) is 0 Å². The quantitative estimate of drug-likeness (QED) is 0.0470. The van der Waals surface area contributed by atoms with Crippen LogP contribution in [0, 0.1) is 0 Å². The smallest absolute Gasteiger partial charge is 0.306 e. The van der Waals surface area contributed by atoms with E-state index in [1.54, 1.807) is 0 Å². The summed E-state index contributed by atoms with van der Waals surface area (Å²) in [6.45, 7) is 1.76. The number of rotatable bonds is 34. The average molecular weight is 822 g/mol. The molecular formula is C50H79NO8. The number of esters is 2. The van der Waals surface area contributed by atoms with Gasteiger partial charge in [0.15, 0.2) is 6.10 Å². The summed E-state index contributed by atoms with van der Waals surface area (Å²) in [7, 11) is 0. The molecule has 59 heavy (non-hydrogen) atoms. The van der Waals surface area contributed by atoms with Crippen molar-refractivity contribution in [1.29, 1.82) is 0 Å². The maximum Gasteiger partial charge on any atom is 0.306 e. The number of nitrogens with one attached hydrogen (secondary N) is 1. The Hall–Kier alpha value is -3.27. The molecule has 1 amide bonds. The Morgan fingerprint density at radius 2 is 1.14 bits per heavy atom. The van der Waals surface area contributed by atoms with Crippen LogP contribution in [0.5, 0.6) is 0 Å². The van der Waals surface area contributed by atoms with Gasteiger partial charge in [0.2, 0.25) is 5.91 Å².